The number of nitrogens with zero attached hydrogens (tertiary/aromatic N) is 1. The van der Waals surface area contributed by atoms with Crippen LogP contribution < -0.4 is 4.74 Å². The van der Waals surface area contributed by atoms with Gasteiger partial charge in [0.2, 0.25) is 0 Å². The first-order valence-electron chi connectivity index (χ1n) is 6.29. The summed E-state index contributed by atoms with van der Waals surface area (Å²) in [6, 6.07) is 5.61. The van der Waals surface area contributed by atoms with E-state index < -0.39 is 5.97 Å². The molecule has 0 radical (unpaired) electrons. The maximum absolute atomic E-state index is 11.0. The summed E-state index contributed by atoms with van der Waals surface area (Å²) in [7, 11) is 1.62. The van der Waals surface area contributed by atoms with Crippen LogP contribution in [-0.4, -0.2) is 23.2 Å². The number of aryl methyl sites for hydroxylation is 3. The summed E-state index contributed by atoms with van der Waals surface area (Å²) in [6.45, 7) is 5.90. The fraction of sp³-hybridized carbons (Fsp3) is 0.250. The van der Waals surface area contributed by atoms with E-state index in [2.05, 4.69) is 4.98 Å². The van der Waals surface area contributed by atoms with Crippen LogP contribution in [0.5, 0.6) is 5.75 Å². The van der Waals surface area contributed by atoms with Crippen molar-refractivity contribution in [3.05, 3.63) is 46.6 Å². The molecule has 0 aliphatic carbocycles. The molecular weight excluding hydrogens is 254 g/mol. The van der Waals surface area contributed by atoms with Gasteiger partial charge >= 0.3 is 5.97 Å². The minimum atomic E-state index is -0.973. The number of hydrogen-bond acceptors (Lipinski definition) is 3. The number of rotatable bonds is 3. The quantitative estimate of drug-likeness (QED) is 0.929. The van der Waals surface area contributed by atoms with Gasteiger partial charge in [-0.3, -0.25) is 4.98 Å². The molecule has 0 saturated heterocycles. The van der Waals surface area contributed by atoms with Crippen LogP contribution in [0.1, 0.15) is 27.0 Å². The SMILES string of the molecule is COc1cc(C)c(C)cc1-c1ncc(C(=O)O)cc1C. The molecule has 0 fully saturated rings. The molecule has 20 heavy (non-hydrogen) atoms. The zero-order chi connectivity index (χ0) is 14.9. The molecule has 1 aromatic heterocycles. The predicted molar refractivity (Wildman–Crippen MR) is 77.4 cm³/mol. The monoisotopic (exact) mass is 271 g/mol. The Hall–Kier alpha value is -2.36. The van der Waals surface area contributed by atoms with Gasteiger partial charge in [-0.1, -0.05) is 0 Å². The topological polar surface area (TPSA) is 59.4 Å². The van der Waals surface area contributed by atoms with Crippen molar-refractivity contribution in [3.8, 4) is 17.0 Å². The fourth-order valence-electron chi connectivity index (χ4n) is 2.12. The number of pyridine rings is 1. The molecule has 0 aliphatic heterocycles. The number of benzene rings is 1. The number of carbonyl (C=O) groups is 1. The molecule has 0 amide bonds. The molecule has 1 heterocycles. The average molecular weight is 271 g/mol. The zero-order valence-corrected chi connectivity index (χ0v) is 12.0. The lowest BCUT2D eigenvalue weighted by atomic mass is 9.99. The van der Waals surface area contributed by atoms with E-state index in [9.17, 15) is 4.79 Å². The zero-order valence-electron chi connectivity index (χ0n) is 12.0. The van der Waals surface area contributed by atoms with Crippen molar-refractivity contribution in [2.75, 3.05) is 7.11 Å². The van der Waals surface area contributed by atoms with Gasteiger partial charge in [-0.2, -0.15) is 0 Å². The Balaban J connectivity index is 2.62. The van der Waals surface area contributed by atoms with Gasteiger partial charge in [-0.25, -0.2) is 4.79 Å². The lowest BCUT2D eigenvalue weighted by Crippen LogP contribution is -2.01. The summed E-state index contributed by atoms with van der Waals surface area (Å²) in [5, 5.41) is 8.99. The molecule has 2 aromatic rings. The normalized spacial score (nSPS) is 10.4. The largest absolute Gasteiger partial charge is 0.496 e. The second kappa shape index (κ2) is 5.33. The van der Waals surface area contributed by atoms with Crippen molar-refractivity contribution in [3.63, 3.8) is 0 Å². The van der Waals surface area contributed by atoms with Gasteiger partial charge in [0.15, 0.2) is 0 Å². The molecule has 2 rings (SSSR count). The summed E-state index contributed by atoms with van der Waals surface area (Å²) >= 11 is 0. The smallest absolute Gasteiger partial charge is 0.337 e. The third-order valence-electron chi connectivity index (χ3n) is 3.40. The van der Waals surface area contributed by atoms with E-state index in [0.717, 1.165) is 33.7 Å². The number of aromatic carboxylic acids is 1. The van der Waals surface area contributed by atoms with Gasteiger partial charge in [0.25, 0.3) is 0 Å². The molecule has 1 N–H and O–H groups in total. The van der Waals surface area contributed by atoms with Crippen LogP contribution in [0.15, 0.2) is 24.4 Å². The molecule has 0 aliphatic rings. The van der Waals surface area contributed by atoms with E-state index in [1.54, 1.807) is 13.2 Å². The van der Waals surface area contributed by atoms with Gasteiger partial charge in [0.05, 0.1) is 18.4 Å². The molecule has 0 saturated carbocycles. The highest BCUT2D eigenvalue weighted by atomic mass is 16.5. The Labute approximate surface area is 118 Å². The highest BCUT2D eigenvalue weighted by Crippen LogP contribution is 2.33. The van der Waals surface area contributed by atoms with Gasteiger partial charge in [0.1, 0.15) is 5.75 Å². The van der Waals surface area contributed by atoms with Gasteiger partial charge in [-0.05, 0) is 55.7 Å². The van der Waals surface area contributed by atoms with Crippen molar-refractivity contribution in [2.24, 2.45) is 0 Å². The van der Waals surface area contributed by atoms with Crippen LogP contribution in [0.3, 0.4) is 0 Å². The molecule has 4 nitrogen and oxygen atoms in total. The number of hydrogen-bond donors (Lipinski definition) is 1. The van der Waals surface area contributed by atoms with Gasteiger partial charge in [0, 0.05) is 11.8 Å². The Morgan fingerprint density at radius 2 is 1.75 bits per heavy atom. The third-order valence-corrected chi connectivity index (χ3v) is 3.40. The van der Waals surface area contributed by atoms with Crippen LogP contribution in [0.2, 0.25) is 0 Å². The fourth-order valence-corrected chi connectivity index (χ4v) is 2.12. The standard InChI is InChI=1S/C16H17NO3/c1-9-6-13(14(20-4)7-10(9)2)15-11(3)5-12(8-17-15)16(18)19/h5-8H,1-4H3,(H,18,19). The van der Waals surface area contributed by atoms with Crippen LogP contribution >= 0.6 is 0 Å². The molecular formula is C16H17NO3. The average Bonchev–Trinajstić information content (AvgIpc) is 2.41. The van der Waals surface area contributed by atoms with Crippen molar-refractivity contribution in [2.45, 2.75) is 20.8 Å². The Bertz CT molecular complexity index is 678. The predicted octanol–water partition coefficient (Wildman–Crippen LogP) is 3.38. The summed E-state index contributed by atoms with van der Waals surface area (Å²) in [4.78, 5) is 15.2. The maximum Gasteiger partial charge on any atom is 0.337 e. The Morgan fingerprint density at radius 1 is 1.10 bits per heavy atom. The first kappa shape index (κ1) is 14.1. The first-order valence-corrected chi connectivity index (χ1v) is 6.29. The van der Waals surface area contributed by atoms with Crippen LogP contribution in [0.25, 0.3) is 11.3 Å². The number of carboxylic acid groups (broad SMARTS) is 1. The molecule has 0 bridgehead atoms. The molecule has 104 valence electrons. The van der Waals surface area contributed by atoms with Gasteiger partial charge in [-0.15, -0.1) is 0 Å². The molecule has 0 unspecified atom stereocenters. The van der Waals surface area contributed by atoms with Crippen LogP contribution in [0, 0.1) is 20.8 Å². The van der Waals surface area contributed by atoms with Crippen molar-refractivity contribution in [1.29, 1.82) is 0 Å². The Morgan fingerprint density at radius 3 is 2.30 bits per heavy atom. The number of carboxylic acids is 1. The van der Waals surface area contributed by atoms with E-state index in [1.165, 1.54) is 6.20 Å². The maximum atomic E-state index is 11.0. The molecule has 0 atom stereocenters. The van der Waals surface area contributed by atoms with E-state index in [0.29, 0.717) is 0 Å². The highest BCUT2D eigenvalue weighted by Gasteiger charge is 2.14. The number of methoxy groups -OCH3 is 1. The molecule has 1 aromatic carbocycles. The molecule has 4 heteroatoms. The first-order chi connectivity index (χ1) is 9.43. The third kappa shape index (κ3) is 2.50. The van der Waals surface area contributed by atoms with Crippen molar-refractivity contribution >= 4 is 5.97 Å². The highest BCUT2D eigenvalue weighted by molar-refractivity contribution is 5.88. The van der Waals surface area contributed by atoms with Crippen molar-refractivity contribution < 1.29 is 14.6 Å². The van der Waals surface area contributed by atoms with Gasteiger partial charge < -0.3 is 9.84 Å². The van der Waals surface area contributed by atoms with E-state index in [-0.39, 0.29) is 5.56 Å². The minimum absolute atomic E-state index is 0.189. The second-order valence-corrected chi connectivity index (χ2v) is 4.83. The number of ether oxygens (including phenoxy) is 1. The van der Waals surface area contributed by atoms with E-state index >= 15 is 0 Å². The summed E-state index contributed by atoms with van der Waals surface area (Å²) in [6.07, 6.45) is 1.37. The lowest BCUT2D eigenvalue weighted by Gasteiger charge is -2.13. The van der Waals surface area contributed by atoms with Crippen LogP contribution in [0.4, 0.5) is 0 Å². The van der Waals surface area contributed by atoms with E-state index in [1.807, 2.05) is 32.9 Å². The summed E-state index contributed by atoms with van der Waals surface area (Å²) < 4.78 is 5.41. The lowest BCUT2D eigenvalue weighted by molar-refractivity contribution is 0.0696. The number of aromatic nitrogens is 1. The summed E-state index contributed by atoms with van der Waals surface area (Å²) in [5.74, 6) is -0.231. The van der Waals surface area contributed by atoms with E-state index in [4.69, 9.17) is 9.84 Å². The Kier molecular flexibility index (Phi) is 3.74. The second-order valence-electron chi connectivity index (χ2n) is 4.83. The van der Waals surface area contributed by atoms with Crippen LogP contribution in [-0.2, 0) is 0 Å². The minimum Gasteiger partial charge on any atom is -0.496 e. The summed E-state index contributed by atoms with van der Waals surface area (Å²) in [5.41, 5.74) is 4.91. The van der Waals surface area contributed by atoms with Crippen molar-refractivity contribution in [1.82, 2.24) is 4.98 Å². The molecule has 0 spiro atoms.